The van der Waals surface area contributed by atoms with Crippen LogP contribution in [0.25, 0.3) is 10.9 Å². The number of ether oxygens (including phenoxy) is 1. The Morgan fingerprint density at radius 1 is 1.39 bits per heavy atom. The first-order valence-electron chi connectivity index (χ1n) is 9.78. The number of fused-ring (bicyclic) bond motifs is 1. The Bertz CT molecular complexity index is 909. The van der Waals surface area contributed by atoms with E-state index in [0.717, 1.165) is 54.7 Å². The van der Waals surface area contributed by atoms with Gasteiger partial charge in [-0.15, -0.1) is 0 Å². The lowest BCUT2D eigenvalue weighted by Gasteiger charge is -2.23. The fraction of sp³-hybridized carbons (Fsp3) is 0.476. The molecule has 3 heterocycles. The molecule has 0 aliphatic carbocycles. The summed E-state index contributed by atoms with van der Waals surface area (Å²) in [5, 5.41) is 13.9. The van der Waals surface area contributed by atoms with Crippen LogP contribution in [0.2, 0.25) is 0 Å². The molecule has 1 amide bonds. The molecule has 0 bridgehead atoms. The van der Waals surface area contributed by atoms with Crippen LogP contribution in [0.1, 0.15) is 19.3 Å². The van der Waals surface area contributed by atoms with Gasteiger partial charge in [0.15, 0.2) is 0 Å². The van der Waals surface area contributed by atoms with E-state index < -0.39 is 0 Å². The minimum Gasteiger partial charge on any atom is -0.497 e. The van der Waals surface area contributed by atoms with Gasteiger partial charge in [0.1, 0.15) is 11.8 Å². The van der Waals surface area contributed by atoms with Crippen LogP contribution in [-0.4, -0.2) is 66.1 Å². The van der Waals surface area contributed by atoms with E-state index in [9.17, 15) is 10.1 Å². The number of nitrogens with zero attached hydrogens (tertiary/aromatic N) is 4. The van der Waals surface area contributed by atoms with E-state index in [2.05, 4.69) is 27.3 Å². The SMILES string of the molecule is COc1cc(N[C@H]2CCN(CC(=O)N3CCCC3C#N)C2)c2cccnc2c1. The molecule has 7 nitrogen and oxygen atoms in total. The Balaban J connectivity index is 1.41. The van der Waals surface area contributed by atoms with Gasteiger partial charge in [-0.1, -0.05) is 0 Å². The van der Waals surface area contributed by atoms with E-state index in [-0.39, 0.29) is 18.0 Å². The number of pyridine rings is 1. The predicted molar refractivity (Wildman–Crippen MR) is 107 cm³/mol. The van der Waals surface area contributed by atoms with Crippen molar-refractivity contribution < 1.29 is 9.53 Å². The topological polar surface area (TPSA) is 81.5 Å². The normalized spacial score (nSPS) is 22.4. The molecule has 1 aromatic heterocycles. The number of hydrogen-bond donors (Lipinski definition) is 1. The molecule has 2 saturated heterocycles. The maximum Gasteiger partial charge on any atom is 0.237 e. The molecule has 0 spiro atoms. The van der Waals surface area contributed by atoms with Crippen LogP contribution in [0.4, 0.5) is 5.69 Å². The zero-order chi connectivity index (χ0) is 19.5. The van der Waals surface area contributed by atoms with Gasteiger partial charge in [-0.25, -0.2) is 0 Å². The van der Waals surface area contributed by atoms with Crippen LogP contribution in [0, 0.1) is 11.3 Å². The molecule has 28 heavy (non-hydrogen) atoms. The van der Waals surface area contributed by atoms with E-state index in [1.165, 1.54) is 0 Å². The number of anilines is 1. The largest absolute Gasteiger partial charge is 0.497 e. The lowest BCUT2D eigenvalue weighted by molar-refractivity contribution is -0.132. The number of nitriles is 1. The molecule has 0 saturated carbocycles. The van der Waals surface area contributed by atoms with Gasteiger partial charge in [-0.05, 0) is 31.4 Å². The van der Waals surface area contributed by atoms with Gasteiger partial charge >= 0.3 is 0 Å². The Kier molecular flexibility index (Phi) is 5.31. The van der Waals surface area contributed by atoms with E-state index in [4.69, 9.17) is 4.74 Å². The van der Waals surface area contributed by atoms with Crippen molar-refractivity contribution in [3.8, 4) is 11.8 Å². The monoisotopic (exact) mass is 379 g/mol. The van der Waals surface area contributed by atoms with Crippen molar-refractivity contribution in [3.05, 3.63) is 30.5 Å². The number of likely N-dealkylation sites (tertiary alicyclic amines) is 2. The van der Waals surface area contributed by atoms with E-state index >= 15 is 0 Å². The molecule has 2 aliphatic heterocycles. The number of rotatable bonds is 5. The third-order valence-electron chi connectivity index (χ3n) is 5.64. The Morgan fingerprint density at radius 3 is 3.11 bits per heavy atom. The fourth-order valence-corrected chi connectivity index (χ4v) is 4.19. The molecule has 4 rings (SSSR count). The molecule has 0 radical (unpaired) electrons. The van der Waals surface area contributed by atoms with Gasteiger partial charge in [0, 0.05) is 55.1 Å². The predicted octanol–water partition coefficient (Wildman–Crippen LogP) is 2.24. The van der Waals surface area contributed by atoms with Crippen molar-refractivity contribution in [1.82, 2.24) is 14.8 Å². The minimum absolute atomic E-state index is 0.0701. The molecule has 1 aromatic carbocycles. The van der Waals surface area contributed by atoms with Crippen LogP contribution < -0.4 is 10.1 Å². The molecular weight excluding hydrogens is 354 g/mol. The van der Waals surface area contributed by atoms with Gasteiger partial charge in [-0.2, -0.15) is 5.26 Å². The summed E-state index contributed by atoms with van der Waals surface area (Å²) in [6, 6.07) is 10.2. The molecule has 146 valence electrons. The third kappa shape index (κ3) is 3.73. The van der Waals surface area contributed by atoms with E-state index in [1.54, 1.807) is 18.2 Å². The zero-order valence-electron chi connectivity index (χ0n) is 16.1. The van der Waals surface area contributed by atoms with E-state index in [1.807, 2.05) is 18.2 Å². The summed E-state index contributed by atoms with van der Waals surface area (Å²) in [6.45, 7) is 2.76. The Hall–Kier alpha value is -2.85. The average molecular weight is 379 g/mol. The second-order valence-electron chi connectivity index (χ2n) is 7.48. The summed E-state index contributed by atoms with van der Waals surface area (Å²) in [6.07, 6.45) is 4.46. The van der Waals surface area contributed by atoms with Crippen LogP contribution >= 0.6 is 0 Å². The molecule has 2 fully saturated rings. The highest BCUT2D eigenvalue weighted by molar-refractivity contribution is 5.92. The first kappa shape index (κ1) is 18.5. The Labute approximate surface area is 164 Å². The summed E-state index contributed by atoms with van der Waals surface area (Å²) in [5.41, 5.74) is 1.90. The number of carbonyl (C=O) groups is 1. The lowest BCUT2D eigenvalue weighted by atomic mass is 10.1. The number of carbonyl (C=O) groups excluding carboxylic acids is 1. The van der Waals surface area contributed by atoms with Crippen LogP contribution in [-0.2, 0) is 4.79 Å². The van der Waals surface area contributed by atoms with Crippen molar-refractivity contribution in [1.29, 1.82) is 5.26 Å². The van der Waals surface area contributed by atoms with Crippen molar-refractivity contribution in [2.45, 2.75) is 31.3 Å². The summed E-state index contributed by atoms with van der Waals surface area (Å²) >= 11 is 0. The van der Waals surface area contributed by atoms with E-state index in [0.29, 0.717) is 13.1 Å². The highest BCUT2D eigenvalue weighted by Crippen LogP contribution is 2.29. The molecule has 1 N–H and O–H groups in total. The molecule has 1 unspecified atom stereocenters. The quantitative estimate of drug-likeness (QED) is 0.858. The summed E-state index contributed by atoms with van der Waals surface area (Å²) in [4.78, 5) is 20.9. The van der Waals surface area contributed by atoms with Gasteiger partial charge in [0.25, 0.3) is 0 Å². The molecule has 2 aliphatic rings. The number of benzene rings is 1. The summed E-state index contributed by atoms with van der Waals surface area (Å²) in [5.74, 6) is 0.844. The average Bonchev–Trinajstić information content (AvgIpc) is 3.37. The van der Waals surface area contributed by atoms with Crippen molar-refractivity contribution in [2.24, 2.45) is 0 Å². The maximum atomic E-state index is 12.6. The van der Waals surface area contributed by atoms with Crippen molar-refractivity contribution in [2.75, 3.05) is 38.6 Å². The van der Waals surface area contributed by atoms with Crippen LogP contribution in [0.5, 0.6) is 5.75 Å². The van der Waals surface area contributed by atoms with Gasteiger partial charge in [0.05, 0.1) is 25.2 Å². The smallest absolute Gasteiger partial charge is 0.237 e. The first-order chi connectivity index (χ1) is 13.7. The van der Waals surface area contributed by atoms with Crippen molar-refractivity contribution >= 4 is 22.5 Å². The first-order valence-corrected chi connectivity index (χ1v) is 9.78. The standard InChI is InChI=1S/C21H25N5O2/c1-28-17-10-19-18(5-2-7-23-19)20(11-17)24-15-6-9-25(13-15)14-21(27)26-8-3-4-16(26)12-22/h2,5,7,10-11,15-16,24H,3-4,6,8-9,13-14H2,1H3/t15-,16?/m0/s1. The minimum atomic E-state index is -0.250. The van der Waals surface area contributed by atoms with Gasteiger partial charge in [-0.3, -0.25) is 14.7 Å². The summed E-state index contributed by atoms with van der Waals surface area (Å²) in [7, 11) is 1.66. The summed E-state index contributed by atoms with van der Waals surface area (Å²) < 4.78 is 5.41. The number of amides is 1. The molecule has 2 atom stereocenters. The fourth-order valence-electron chi connectivity index (χ4n) is 4.19. The third-order valence-corrected chi connectivity index (χ3v) is 5.64. The van der Waals surface area contributed by atoms with Gasteiger partial charge in [0.2, 0.25) is 5.91 Å². The number of methoxy groups -OCH3 is 1. The zero-order valence-corrected chi connectivity index (χ0v) is 16.1. The highest BCUT2D eigenvalue weighted by Gasteiger charge is 2.31. The van der Waals surface area contributed by atoms with Crippen molar-refractivity contribution in [3.63, 3.8) is 0 Å². The number of hydrogen-bond acceptors (Lipinski definition) is 6. The van der Waals surface area contributed by atoms with Crippen LogP contribution in [0.3, 0.4) is 0 Å². The van der Waals surface area contributed by atoms with Gasteiger partial charge < -0.3 is 15.0 Å². The molecule has 7 heteroatoms. The second kappa shape index (κ2) is 8.03. The number of aromatic nitrogens is 1. The second-order valence-corrected chi connectivity index (χ2v) is 7.48. The maximum absolute atomic E-state index is 12.6. The molecule has 2 aromatic rings. The van der Waals surface area contributed by atoms with Crippen LogP contribution in [0.15, 0.2) is 30.5 Å². The number of nitrogens with one attached hydrogen (secondary N) is 1. The Morgan fingerprint density at radius 2 is 2.29 bits per heavy atom. The highest BCUT2D eigenvalue weighted by atomic mass is 16.5. The lowest BCUT2D eigenvalue weighted by Crippen LogP contribution is -2.42. The molecular formula is C21H25N5O2.